The minimum atomic E-state index is -0.716. The van der Waals surface area contributed by atoms with Gasteiger partial charge in [-0.1, -0.05) is 35.5 Å². The number of nitrogens with two attached hydrogens (primary N) is 1. The van der Waals surface area contributed by atoms with Crippen LogP contribution in [0.1, 0.15) is 36.3 Å². The van der Waals surface area contributed by atoms with E-state index in [1.807, 2.05) is 37.3 Å². The topological polar surface area (TPSA) is 94.5 Å². The molecule has 0 fully saturated rings. The van der Waals surface area contributed by atoms with Crippen molar-refractivity contribution in [2.24, 2.45) is 5.73 Å². The summed E-state index contributed by atoms with van der Waals surface area (Å²) in [6.07, 6.45) is -0.259. The number of rotatable bonds is 6. The number of hydrogen-bond donors (Lipinski definition) is 1. The summed E-state index contributed by atoms with van der Waals surface area (Å²) < 4.78 is 10.2. The number of nitrogens with zero attached hydrogens (tertiary/aromatic N) is 3. The molecule has 1 heterocycles. The highest BCUT2D eigenvalue weighted by Crippen LogP contribution is 2.15. The summed E-state index contributed by atoms with van der Waals surface area (Å²) in [5.41, 5.74) is 6.75. The number of ether oxygens (including phenoxy) is 1. The van der Waals surface area contributed by atoms with Crippen LogP contribution in [0.3, 0.4) is 0 Å². The molecular weight excluding hydrogens is 320 g/mol. The molecule has 2 aromatic rings. The average Bonchev–Trinajstić information content (AvgIpc) is 3.01. The summed E-state index contributed by atoms with van der Waals surface area (Å²) in [5, 5.41) is 3.82. The molecule has 1 aromatic carbocycles. The Hall–Kier alpha value is -1.96. The smallest absolute Gasteiger partial charge is 0.246 e. The zero-order chi connectivity index (χ0) is 16.1. The fourth-order valence-electron chi connectivity index (χ4n) is 1.92. The monoisotopic (exact) mass is 340 g/mol. The number of methoxy groups -OCH3 is 1. The van der Waals surface area contributed by atoms with Crippen LogP contribution < -0.4 is 5.73 Å². The third-order valence-electron chi connectivity index (χ3n) is 3.37. The molecule has 0 spiro atoms. The molecule has 8 heteroatoms. The second-order valence-electron chi connectivity index (χ2n) is 5.01. The van der Waals surface area contributed by atoms with Gasteiger partial charge < -0.3 is 19.9 Å². The van der Waals surface area contributed by atoms with Crippen molar-refractivity contribution < 1.29 is 14.1 Å². The van der Waals surface area contributed by atoms with Crippen LogP contribution in [-0.2, 0) is 16.1 Å². The molecule has 126 valence electrons. The van der Waals surface area contributed by atoms with Gasteiger partial charge in [-0.15, -0.1) is 12.4 Å². The van der Waals surface area contributed by atoms with Gasteiger partial charge in [-0.05, 0) is 12.5 Å². The molecule has 2 N–H and O–H groups in total. The van der Waals surface area contributed by atoms with Crippen LogP contribution in [0, 0.1) is 0 Å². The van der Waals surface area contributed by atoms with E-state index in [2.05, 4.69) is 10.1 Å². The van der Waals surface area contributed by atoms with Gasteiger partial charge in [0.1, 0.15) is 12.1 Å². The van der Waals surface area contributed by atoms with Gasteiger partial charge in [-0.25, -0.2) is 0 Å². The van der Waals surface area contributed by atoms with Crippen molar-refractivity contribution in [1.29, 1.82) is 0 Å². The Morgan fingerprint density at radius 1 is 1.39 bits per heavy atom. The standard InChI is InChI=1S/C15H20N4O3.ClH/c1-10(21-3)14-17-12(22-18-14)9-19(2)15(20)13(16)11-7-5-4-6-8-11;/h4-8,10,13H,9,16H2,1-3H3;1H. The number of amides is 1. The first-order valence-electron chi connectivity index (χ1n) is 6.93. The molecule has 0 bridgehead atoms. The van der Waals surface area contributed by atoms with E-state index in [1.165, 1.54) is 4.90 Å². The lowest BCUT2D eigenvalue weighted by molar-refractivity contribution is -0.132. The summed E-state index contributed by atoms with van der Waals surface area (Å²) in [4.78, 5) is 18.0. The summed E-state index contributed by atoms with van der Waals surface area (Å²) in [6.45, 7) is 2.01. The van der Waals surface area contributed by atoms with Crippen LogP contribution in [0.25, 0.3) is 0 Å². The van der Waals surface area contributed by atoms with E-state index >= 15 is 0 Å². The quantitative estimate of drug-likeness (QED) is 0.862. The minimum Gasteiger partial charge on any atom is -0.374 e. The van der Waals surface area contributed by atoms with E-state index in [4.69, 9.17) is 15.0 Å². The van der Waals surface area contributed by atoms with Crippen molar-refractivity contribution >= 4 is 18.3 Å². The number of likely N-dealkylation sites (N-methyl/N-ethyl adjacent to an activating group) is 1. The van der Waals surface area contributed by atoms with E-state index in [1.54, 1.807) is 14.2 Å². The van der Waals surface area contributed by atoms with Gasteiger partial charge >= 0.3 is 0 Å². The summed E-state index contributed by atoms with van der Waals surface area (Å²) in [5.74, 6) is 0.575. The Balaban J connectivity index is 0.00000264. The number of halogens is 1. The van der Waals surface area contributed by atoms with Crippen molar-refractivity contribution in [3.8, 4) is 0 Å². The largest absolute Gasteiger partial charge is 0.374 e. The molecule has 0 aliphatic rings. The highest BCUT2D eigenvalue weighted by molar-refractivity contribution is 5.85. The minimum absolute atomic E-state index is 0. The van der Waals surface area contributed by atoms with Crippen molar-refractivity contribution in [2.45, 2.75) is 25.6 Å². The summed E-state index contributed by atoms with van der Waals surface area (Å²) >= 11 is 0. The maximum Gasteiger partial charge on any atom is 0.246 e. The molecule has 1 amide bonds. The lowest BCUT2D eigenvalue weighted by Gasteiger charge is -2.19. The van der Waals surface area contributed by atoms with Gasteiger partial charge in [0.05, 0.1) is 6.54 Å². The van der Waals surface area contributed by atoms with Gasteiger partial charge in [0, 0.05) is 14.2 Å². The lowest BCUT2D eigenvalue weighted by atomic mass is 10.1. The molecule has 7 nitrogen and oxygen atoms in total. The van der Waals surface area contributed by atoms with E-state index in [0.717, 1.165) is 5.56 Å². The number of carbonyl (C=O) groups is 1. The molecular formula is C15H21ClN4O3. The third-order valence-corrected chi connectivity index (χ3v) is 3.37. The SMILES string of the molecule is COC(C)c1noc(CN(C)C(=O)C(N)c2ccccc2)n1.Cl. The maximum atomic E-state index is 12.3. The first-order valence-corrected chi connectivity index (χ1v) is 6.93. The lowest BCUT2D eigenvalue weighted by Crippen LogP contribution is -2.35. The van der Waals surface area contributed by atoms with Gasteiger partial charge in [-0.2, -0.15) is 4.98 Å². The van der Waals surface area contributed by atoms with E-state index in [9.17, 15) is 4.79 Å². The number of benzene rings is 1. The summed E-state index contributed by atoms with van der Waals surface area (Å²) in [6, 6.07) is 8.49. The van der Waals surface area contributed by atoms with Crippen LogP contribution >= 0.6 is 12.4 Å². The van der Waals surface area contributed by atoms with E-state index in [-0.39, 0.29) is 31.0 Å². The Bertz CT molecular complexity index is 620. The Morgan fingerprint density at radius 3 is 2.65 bits per heavy atom. The fourth-order valence-corrected chi connectivity index (χ4v) is 1.92. The van der Waals surface area contributed by atoms with Gasteiger partial charge in [0.25, 0.3) is 0 Å². The van der Waals surface area contributed by atoms with Crippen LogP contribution in [0.15, 0.2) is 34.9 Å². The first kappa shape index (κ1) is 19.1. The molecule has 2 unspecified atom stereocenters. The van der Waals surface area contributed by atoms with Crippen molar-refractivity contribution in [3.05, 3.63) is 47.6 Å². The molecule has 1 aromatic heterocycles. The Morgan fingerprint density at radius 2 is 2.04 bits per heavy atom. The molecule has 2 atom stereocenters. The van der Waals surface area contributed by atoms with E-state index < -0.39 is 6.04 Å². The van der Waals surface area contributed by atoms with Crippen LogP contribution in [0.4, 0.5) is 0 Å². The van der Waals surface area contributed by atoms with Crippen LogP contribution in [0.5, 0.6) is 0 Å². The van der Waals surface area contributed by atoms with Crippen molar-refractivity contribution in [1.82, 2.24) is 15.0 Å². The molecule has 23 heavy (non-hydrogen) atoms. The molecule has 2 rings (SSSR count). The third kappa shape index (κ3) is 4.75. The van der Waals surface area contributed by atoms with Gasteiger partial charge in [-0.3, -0.25) is 4.79 Å². The zero-order valence-corrected chi connectivity index (χ0v) is 14.1. The average molecular weight is 341 g/mol. The second-order valence-corrected chi connectivity index (χ2v) is 5.01. The number of hydrogen-bond acceptors (Lipinski definition) is 6. The fraction of sp³-hybridized carbons (Fsp3) is 0.400. The molecule has 0 saturated heterocycles. The number of carbonyl (C=O) groups excluding carboxylic acids is 1. The highest BCUT2D eigenvalue weighted by atomic mass is 35.5. The normalized spacial score (nSPS) is 13.0. The highest BCUT2D eigenvalue weighted by Gasteiger charge is 2.22. The molecule has 0 aliphatic heterocycles. The Kier molecular flexibility index (Phi) is 7.15. The molecule has 0 radical (unpaired) electrons. The van der Waals surface area contributed by atoms with Crippen molar-refractivity contribution in [3.63, 3.8) is 0 Å². The maximum absolute atomic E-state index is 12.3. The molecule has 0 aliphatic carbocycles. The van der Waals surface area contributed by atoms with Crippen LogP contribution in [-0.4, -0.2) is 35.1 Å². The van der Waals surface area contributed by atoms with Gasteiger partial charge in [0.2, 0.25) is 11.8 Å². The Labute approximate surface area is 141 Å². The first-order chi connectivity index (χ1) is 10.5. The summed E-state index contributed by atoms with van der Waals surface area (Å²) in [7, 11) is 3.21. The predicted octanol–water partition coefficient (Wildman–Crippen LogP) is 1.86. The van der Waals surface area contributed by atoms with Crippen LogP contribution in [0.2, 0.25) is 0 Å². The molecule has 0 saturated carbocycles. The van der Waals surface area contributed by atoms with E-state index in [0.29, 0.717) is 11.7 Å². The zero-order valence-electron chi connectivity index (χ0n) is 13.3. The number of aromatic nitrogens is 2. The van der Waals surface area contributed by atoms with Crippen molar-refractivity contribution in [2.75, 3.05) is 14.2 Å². The van der Waals surface area contributed by atoms with Gasteiger partial charge in [0.15, 0.2) is 5.82 Å². The predicted molar refractivity (Wildman–Crippen MR) is 86.8 cm³/mol. The second kappa shape index (κ2) is 8.61.